The molecule has 1 fully saturated rings. The molecule has 9 heteroatoms. The molecule has 3 aromatic carbocycles. The topological polar surface area (TPSA) is 108 Å². The normalized spacial score (nSPS) is 15.6. The van der Waals surface area contributed by atoms with Gasteiger partial charge < -0.3 is 20.1 Å². The number of hydrogen-bond donors (Lipinski definition) is 2. The molecule has 6 rings (SSSR count). The number of ether oxygens (including phenoxy) is 1. The maximum atomic E-state index is 13.1. The number of rotatable bonds is 9. The minimum atomic E-state index is -1.05. The van der Waals surface area contributed by atoms with Gasteiger partial charge in [-0.15, -0.1) is 0 Å². The van der Waals surface area contributed by atoms with Gasteiger partial charge in [-0.2, -0.15) is 0 Å². The van der Waals surface area contributed by atoms with Crippen LogP contribution in [0.3, 0.4) is 0 Å². The Morgan fingerprint density at radius 3 is 2.12 bits per heavy atom. The van der Waals surface area contributed by atoms with Crippen molar-refractivity contribution in [3.63, 3.8) is 0 Å². The summed E-state index contributed by atoms with van der Waals surface area (Å²) in [6.07, 6.45) is 6.24. The summed E-state index contributed by atoms with van der Waals surface area (Å²) >= 11 is 0. The number of carbonyl (C=O) groups is 2. The zero-order valence-corrected chi connectivity index (χ0v) is 23.7. The van der Waals surface area contributed by atoms with E-state index >= 15 is 0 Å². The van der Waals surface area contributed by atoms with Crippen LogP contribution in [0.5, 0.6) is 0 Å². The highest BCUT2D eigenvalue weighted by Crippen LogP contribution is 2.44. The third-order valence-corrected chi connectivity index (χ3v) is 7.96. The molecule has 0 saturated carbocycles. The largest absolute Gasteiger partial charge is 0.478 e. The molecule has 218 valence electrons. The number of carboxylic acids is 1. The molecule has 4 aromatic rings. The van der Waals surface area contributed by atoms with E-state index in [9.17, 15) is 9.59 Å². The first-order chi connectivity index (χ1) is 21.0. The number of alkyl carbamates (subject to hydrolysis) is 1. The van der Waals surface area contributed by atoms with Gasteiger partial charge in [-0.05, 0) is 27.8 Å². The lowest BCUT2D eigenvalue weighted by molar-refractivity contribution is 0.0696. The zero-order valence-electron chi connectivity index (χ0n) is 23.7. The maximum absolute atomic E-state index is 13.1. The fraction of sp³-hybridized carbons (Fsp3) is 0.235. The molecule has 0 radical (unpaired) electrons. The molecule has 1 aliphatic carbocycles. The predicted molar refractivity (Wildman–Crippen MR) is 165 cm³/mol. The lowest BCUT2D eigenvalue weighted by Gasteiger charge is -2.36. The molecule has 0 bridgehead atoms. The highest BCUT2D eigenvalue weighted by Gasteiger charge is 2.29. The molecule has 1 saturated heterocycles. The fourth-order valence-corrected chi connectivity index (χ4v) is 5.74. The van der Waals surface area contributed by atoms with Gasteiger partial charge in [0.05, 0.1) is 11.6 Å². The summed E-state index contributed by atoms with van der Waals surface area (Å²) in [4.78, 5) is 37.0. The first-order valence-corrected chi connectivity index (χ1v) is 14.4. The summed E-state index contributed by atoms with van der Waals surface area (Å²) in [6, 6.07) is 26.3. The Morgan fingerprint density at radius 2 is 1.49 bits per heavy atom. The van der Waals surface area contributed by atoms with Crippen molar-refractivity contribution in [1.29, 1.82) is 0 Å². The second-order valence-corrected chi connectivity index (χ2v) is 10.7. The SMILES string of the molecule is O=C(NC(C=Cc1ccccc1)CN1CCN(c2ncc(C(=O)O)cn2)CC1)OCC1c2ccccc2-c2ccccc21. The van der Waals surface area contributed by atoms with Crippen LogP contribution in [0, 0.1) is 0 Å². The number of piperazine rings is 1. The van der Waals surface area contributed by atoms with E-state index in [-0.39, 0.29) is 24.1 Å². The Morgan fingerprint density at radius 1 is 0.884 bits per heavy atom. The number of fused-ring (bicyclic) bond motifs is 3. The van der Waals surface area contributed by atoms with Crippen molar-refractivity contribution in [2.24, 2.45) is 0 Å². The Bertz CT molecular complexity index is 1560. The average molecular weight is 576 g/mol. The molecule has 1 aliphatic heterocycles. The van der Waals surface area contributed by atoms with Crippen molar-refractivity contribution in [2.45, 2.75) is 12.0 Å². The number of carboxylic acid groups (broad SMARTS) is 1. The van der Waals surface area contributed by atoms with E-state index in [1.165, 1.54) is 34.6 Å². The fourth-order valence-electron chi connectivity index (χ4n) is 5.74. The highest BCUT2D eigenvalue weighted by atomic mass is 16.5. The van der Waals surface area contributed by atoms with Crippen molar-refractivity contribution in [1.82, 2.24) is 20.2 Å². The van der Waals surface area contributed by atoms with Crippen LogP contribution in [-0.4, -0.2) is 77.4 Å². The highest BCUT2D eigenvalue weighted by molar-refractivity contribution is 5.86. The summed E-state index contributed by atoms with van der Waals surface area (Å²) in [5.74, 6) is -0.534. The van der Waals surface area contributed by atoms with Crippen molar-refractivity contribution in [3.8, 4) is 11.1 Å². The monoisotopic (exact) mass is 575 g/mol. The average Bonchev–Trinajstić information content (AvgIpc) is 3.37. The van der Waals surface area contributed by atoms with Crippen LogP contribution < -0.4 is 10.2 Å². The number of carbonyl (C=O) groups excluding carboxylic acids is 1. The number of benzene rings is 3. The van der Waals surface area contributed by atoms with E-state index in [0.717, 1.165) is 18.7 Å². The van der Waals surface area contributed by atoms with Crippen molar-refractivity contribution < 1.29 is 19.4 Å². The molecule has 0 spiro atoms. The van der Waals surface area contributed by atoms with Crippen LogP contribution in [0.25, 0.3) is 17.2 Å². The molecular weight excluding hydrogens is 542 g/mol. The molecular formula is C34H33N5O4. The maximum Gasteiger partial charge on any atom is 0.407 e. The summed E-state index contributed by atoms with van der Waals surface area (Å²) < 4.78 is 5.84. The molecule has 2 heterocycles. The summed E-state index contributed by atoms with van der Waals surface area (Å²) in [5.41, 5.74) is 5.85. The van der Waals surface area contributed by atoms with Gasteiger partial charge in [0.15, 0.2) is 0 Å². The lowest BCUT2D eigenvalue weighted by atomic mass is 9.98. The Hall–Kier alpha value is -5.02. The van der Waals surface area contributed by atoms with Crippen molar-refractivity contribution in [2.75, 3.05) is 44.2 Å². The van der Waals surface area contributed by atoms with Gasteiger partial charge in [-0.3, -0.25) is 4.90 Å². The van der Waals surface area contributed by atoms with E-state index in [1.807, 2.05) is 71.6 Å². The van der Waals surface area contributed by atoms with Gasteiger partial charge in [-0.1, -0.05) is 91.0 Å². The number of amides is 1. The van der Waals surface area contributed by atoms with Gasteiger partial charge in [0, 0.05) is 51.0 Å². The zero-order chi connectivity index (χ0) is 29.6. The standard InChI is InChI=1S/C34H33N5O4/c40-32(41)25-20-35-33(36-21-25)39-18-16-38(17-19-39)22-26(15-14-24-8-2-1-3-9-24)37-34(42)43-23-31-29-12-6-4-10-27(29)28-11-5-7-13-30(28)31/h1-15,20-21,26,31H,16-19,22-23H2,(H,37,42)(H,40,41). The Labute approximate surface area is 250 Å². The molecule has 43 heavy (non-hydrogen) atoms. The van der Waals surface area contributed by atoms with Crippen LogP contribution >= 0.6 is 0 Å². The summed E-state index contributed by atoms with van der Waals surface area (Å²) in [5, 5.41) is 12.2. The number of hydrogen-bond acceptors (Lipinski definition) is 7. The number of aromatic nitrogens is 2. The second-order valence-electron chi connectivity index (χ2n) is 10.7. The van der Waals surface area contributed by atoms with Crippen LogP contribution in [0.4, 0.5) is 10.7 Å². The number of nitrogens with one attached hydrogen (secondary N) is 1. The van der Waals surface area contributed by atoms with Crippen molar-refractivity contribution >= 4 is 24.1 Å². The van der Waals surface area contributed by atoms with Crippen LogP contribution in [-0.2, 0) is 4.74 Å². The van der Waals surface area contributed by atoms with Gasteiger partial charge in [0.25, 0.3) is 0 Å². The molecule has 9 nitrogen and oxygen atoms in total. The van der Waals surface area contributed by atoms with Crippen LogP contribution in [0.1, 0.15) is 33.0 Å². The quantitative estimate of drug-likeness (QED) is 0.290. The molecule has 2 aliphatic rings. The first-order valence-electron chi connectivity index (χ1n) is 14.4. The van der Waals surface area contributed by atoms with E-state index in [0.29, 0.717) is 25.6 Å². The molecule has 1 amide bonds. The number of anilines is 1. The van der Waals surface area contributed by atoms with Crippen LogP contribution in [0.15, 0.2) is 97.3 Å². The molecule has 1 aromatic heterocycles. The van der Waals surface area contributed by atoms with Gasteiger partial charge in [-0.25, -0.2) is 19.6 Å². The van der Waals surface area contributed by atoms with Gasteiger partial charge in [0.1, 0.15) is 6.61 Å². The van der Waals surface area contributed by atoms with E-state index < -0.39 is 12.1 Å². The Kier molecular flexibility index (Phi) is 8.42. The van der Waals surface area contributed by atoms with E-state index in [4.69, 9.17) is 9.84 Å². The minimum absolute atomic E-state index is 0.00341. The Balaban J connectivity index is 1.09. The van der Waals surface area contributed by atoms with E-state index in [1.54, 1.807) is 0 Å². The number of nitrogens with zero attached hydrogens (tertiary/aromatic N) is 4. The molecule has 1 unspecified atom stereocenters. The summed E-state index contributed by atoms with van der Waals surface area (Å²) in [7, 11) is 0. The predicted octanol–water partition coefficient (Wildman–Crippen LogP) is 4.92. The molecule has 2 N–H and O–H groups in total. The third kappa shape index (κ3) is 6.57. The molecule has 1 atom stereocenters. The van der Waals surface area contributed by atoms with Gasteiger partial charge in [0.2, 0.25) is 5.95 Å². The second kappa shape index (κ2) is 12.9. The van der Waals surface area contributed by atoms with Gasteiger partial charge >= 0.3 is 12.1 Å². The van der Waals surface area contributed by atoms with Crippen molar-refractivity contribution in [3.05, 3.63) is 120 Å². The smallest absolute Gasteiger partial charge is 0.407 e. The van der Waals surface area contributed by atoms with Crippen LogP contribution in [0.2, 0.25) is 0 Å². The lowest BCUT2D eigenvalue weighted by Crippen LogP contribution is -2.51. The van der Waals surface area contributed by atoms with E-state index in [2.05, 4.69) is 44.5 Å². The minimum Gasteiger partial charge on any atom is -0.478 e. The number of aromatic carboxylic acids is 1. The first kappa shape index (κ1) is 28.1. The third-order valence-electron chi connectivity index (χ3n) is 7.96. The summed E-state index contributed by atoms with van der Waals surface area (Å²) in [6.45, 7) is 3.73.